The highest BCUT2D eigenvalue weighted by molar-refractivity contribution is 9.10. The summed E-state index contributed by atoms with van der Waals surface area (Å²) in [6, 6.07) is 7.58. The fourth-order valence-electron chi connectivity index (χ4n) is 2.65. The van der Waals surface area contributed by atoms with Crippen molar-refractivity contribution in [2.75, 3.05) is 20.0 Å². The van der Waals surface area contributed by atoms with E-state index in [0.717, 1.165) is 10.0 Å². The van der Waals surface area contributed by atoms with Crippen LogP contribution in [0.2, 0.25) is 0 Å². The quantitative estimate of drug-likeness (QED) is 0.901. The predicted octanol–water partition coefficient (Wildman–Crippen LogP) is 1.30. The highest BCUT2D eigenvalue weighted by Gasteiger charge is 2.67. The monoisotopic (exact) mass is 333 g/mol. The molecule has 1 aromatic rings. The Morgan fingerprint density at radius 3 is 2.39 bits per heavy atom. The van der Waals surface area contributed by atoms with Gasteiger partial charge in [0.25, 0.3) is 0 Å². The van der Waals surface area contributed by atoms with Gasteiger partial charge in [0.05, 0.1) is 17.4 Å². The first-order chi connectivity index (χ1) is 8.30. The van der Waals surface area contributed by atoms with Crippen LogP contribution < -0.4 is 5.73 Å². The molecule has 18 heavy (non-hydrogen) atoms. The van der Waals surface area contributed by atoms with E-state index in [1.165, 1.54) is 13.4 Å². The first-order valence-corrected chi connectivity index (χ1v) is 8.27. The largest absolute Gasteiger partial charge is 0.383 e. The van der Waals surface area contributed by atoms with Gasteiger partial charge in [-0.2, -0.15) is 0 Å². The lowest BCUT2D eigenvalue weighted by atomic mass is 10.1. The molecular formula is C12H16BrNO3S. The van der Waals surface area contributed by atoms with Gasteiger partial charge in [0.1, 0.15) is 0 Å². The Morgan fingerprint density at radius 2 is 1.94 bits per heavy atom. The average molecular weight is 334 g/mol. The first kappa shape index (κ1) is 14.0. The van der Waals surface area contributed by atoms with Crippen LogP contribution in [0.4, 0.5) is 0 Å². The molecule has 1 saturated carbocycles. The highest BCUT2D eigenvalue weighted by Crippen LogP contribution is 2.54. The molecule has 0 spiro atoms. The van der Waals surface area contributed by atoms with E-state index in [-0.39, 0.29) is 12.5 Å². The van der Waals surface area contributed by atoms with Crippen molar-refractivity contribution in [2.24, 2.45) is 5.73 Å². The molecule has 0 aliphatic heterocycles. The van der Waals surface area contributed by atoms with Gasteiger partial charge in [-0.3, -0.25) is 0 Å². The van der Waals surface area contributed by atoms with Gasteiger partial charge in [-0.05, 0) is 17.7 Å². The summed E-state index contributed by atoms with van der Waals surface area (Å²) in [7, 11) is -1.65. The molecule has 0 heterocycles. The number of hydrogen-bond acceptors (Lipinski definition) is 4. The third kappa shape index (κ3) is 2.34. The third-order valence-corrected chi connectivity index (χ3v) is 5.55. The van der Waals surface area contributed by atoms with Crippen LogP contribution in [0.5, 0.6) is 0 Å². The van der Waals surface area contributed by atoms with Crippen LogP contribution in [0.3, 0.4) is 0 Å². The van der Waals surface area contributed by atoms with Gasteiger partial charge in [0.2, 0.25) is 0 Å². The van der Waals surface area contributed by atoms with Crippen molar-refractivity contribution in [2.45, 2.75) is 16.7 Å². The molecule has 2 rings (SSSR count). The zero-order valence-electron chi connectivity index (χ0n) is 10.3. The molecular weight excluding hydrogens is 318 g/mol. The maximum atomic E-state index is 11.8. The molecule has 1 aromatic carbocycles. The van der Waals surface area contributed by atoms with E-state index in [1.54, 1.807) is 0 Å². The summed E-state index contributed by atoms with van der Waals surface area (Å²) in [6.45, 7) is 0.242. The van der Waals surface area contributed by atoms with E-state index in [2.05, 4.69) is 15.9 Å². The summed E-state index contributed by atoms with van der Waals surface area (Å²) >= 11 is 3.35. The van der Waals surface area contributed by atoms with Crippen molar-refractivity contribution in [3.63, 3.8) is 0 Å². The van der Waals surface area contributed by atoms with E-state index < -0.39 is 20.6 Å². The molecule has 6 heteroatoms. The molecule has 0 unspecified atom stereocenters. The zero-order chi connectivity index (χ0) is 13.6. The number of benzene rings is 1. The minimum atomic E-state index is -3.18. The van der Waals surface area contributed by atoms with E-state index in [0.29, 0.717) is 0 Å². The Balaban J connectivity index is 2.35. The van der Waals surface area contributed by atoms with Crippen LogP contribution in [-0.2, 0) is 14.6 Å². The smallest absolute Gasteiger partial charge is 0.152 e. The molecule has 0 aromatic heterocycles. The van der Waals surface area contributed by atoms with Gasteiger partial charge >= 0.3 is 0 Å². The minimum absolute atomic E-state index is 0.194. The minimum Gasteiger partial charge on any atom is -0.383 e. The van der Waals surface area contributed by atoms with Crippen molar-refractivity contribution in [1.82, 2.24) is 0 Å². The second kappa shape index (κ2) is 4.59. The third-order valence-electron chi connectivity index (χ3n) is 3.39. The molecule has 3 atom stereocenters. The maximum Gasteiger partial charge on any atom is 0.152 e. The SMILES string of the molecule is COC[C@]1(N)[C@H](c2ccc(Br)cc2)[C@H]1S(C)(=O)=O. The van der Waals surface area contributed by atoms with Gasteiger partial charge in [0, 0.05) is 23.8 Å². The summed E-state index contributed by atoms with van der Waals surface area (Å²) in [6.07, 6.45) is 1.23. The molecule has 2 N–H and O–H groups in total. The van der Waals surface area contributed by atoms with Crippen molar-refractivity contribution in [3.8, 4) is 0 Å². The second-order valence-electron chi connectivity index (χ2n) is 4.82. The molecule has 0 saturated heterocycles. The van der Waals surface area contributed by atoms with Crippen molar-refractivity contribution >= 4 is 25.8 Å². The van der Waals surface area contributed by atoms with Gasteiger partial charge in [-0.15, -0.1) is 0 Å². The Labute approximate surface area is 116 Å². The number of hydrogen-bond donors (Lipinski definition) is 1. The lowest BCUT2D eigenvalue weighted by Crippen LogP contribution is -2.35. The molecule has 1 aliphatic carbocycles. The van der Waals surface area contributed by atoms with Crippen LogP contribution in [0.15, 0.2) is 28.7 Å². The molecule has 0 radical (unpaired) electrons. The first-order valence-electron chi connectivity index (χ1n) is 5.53. The van der Waals surface area contributed by atoms with E-state index in [9.17, 15) is 8.42 Å². The molecule has 100 valence electrons. The van der Waals surface area contributed by atoms with Crippen LogP contribution in [0, 0.1) is 0 Å². The average Bonchev–Trinajstić information content (AvgIpc) is 2.86. The van der Waals surface area contributed by atoms with Crippen LogP contribution in [-0.4, -0.2) is 39.2 Å². The number of sulfone groups is 1. The van der Waals surface area contributed by atoms with Gasteiger partial charge < -0.3 is 10.5 Å². The Kier molecular flexibility index (Phi) is 3.57. The van der Waals surface area contributed by atoms with E-state index in [4.69, 9.17) is 10.5 Å². The number of halogens is 1. The zero-order valence-corrected chi connectivity index (χ0v) is 12.7. The number of ether oxygens (including phenoxy) is 1. The molecule has 1 fully saturated rings. The van der Waals surface area contributed by atoms with Crippen molar-refractivity contribution in [1.29, 1.82) is 0 Å². The Bertz CT molecular complexity index is 543. The normalized spacial score (nSPS) is 31.3. The van der Waals surface area contributed by atoms with Crippen LogP contribution in [0.1, 0.15) is 11.5 Å². The van der Waals surface area contributed by atoms with E-state index in [1.807, 2.05) is 24.3 Å². The lowest BCUT2D eigenvalue weighted by Gasteiger charge is -2.10. The van der Waals surface area contributed by atoms with Gasteiger partial charge in [-0.25, -0.2) is 8.42 Å². The number of rotatable bonds is 4. The summed E-state index contributed by atoms with van der Waals surface area (Å²) in [4.78, 5) is 0. The summed E-state index contributed by atoms with van der Waals surface area (Å²) in [5, 5.41) is -0.564. The second-order valence-corrected chi connectivity index (χ2v) is 7.91. The lowest BCUT2D eigenvalue weighted by molar-refractivity contribution is 0.171. The highest BCUT2D eigenvalue weighted by atomic mass is 79.9. The molecule has 0 bridgehead atoms. The predicted molar refractivity (Wildman–Crippen MR) is 74.3 cm³/mol. The van der Waals surface area contributed by atoms with Crippen LogP contribution >= 0.6 is 15.9 Å². The molecule has 4 nitrogen and oxygen atoms in total. The maximum absolute atomic E-state index is 11.8. The topological polar surface area (TPSA) is 69.4 Å². The van der Waals surface area contributed by atoms with Crippen molar-refractivity contribution in [3.05, 3.63) is 34.3 Å². The molecule has 0 amide bonds. The summed E-state index contributed by atoms with van der Waals surface area (Å²) < 4.78 is 29.6. The standard InChI is InChI=1S/C12H16BrNO3S/c1-17-7-12(14)10(11(12)18(2,15)16)8-3-5-9(13)6-4-8/h3-6,10-11H,7,14H2,1-2H3/t10-,11-,12+/m1/s1. The fourth-order valence-corrected chi connectivity index (χ4v) is 4.75. The van der Waals surface area contributed by atoms with Crippen molar-refractivity contribution < 1.29 is 13.2 Å². The fraction of sp³-hybridized carbons (Fsp3) is 0.500. The number of methoxy groups -OCH3 is 1. The summed E-state index contributed by atoms with van der Waals surface area (Å²) in [5.74, 6) is -0.194. The van der Waals surface area contributed by atoms with Crippen LogP contribution in [0.25, 0.3) is 0 Å². The number of nitrogens with two attached hydrogens (primary N) is 1. The van der Waals surface area contributed by atoms with E-state index >= 15 is 0 Å². The summed E-state index contributed by atoms with van der Waals surface area (Å²) in [5.41, 5.74) is 6.31. The Morgan fingerprint density at radius 1 is 1.39 bits per heavy atom. The molecule has 1 aliphatic rings. The Hall–Kier alpha value is -0.430. The van der Waals surface area contributed by atoms with Gasteiger partial charge in [0.15, 0.2) is 9.84 Å². The van der Waals surface area contributed by atoms with Gasteiger partial charge in [-0.1, -0.05) is 28.1 Å².